The van der Waals surface area contributed by atoms with Crippen LogP contribution in [0.2, 0.25) is 5.02 Å². The Morgan fingerprint density at radius 1 is 1.12 bits per heavy atom. The molecule has 0 bridgehead atoms. The fourth-order valence-electron chi connectivity index (χ4n) is 2.52. The normalized spacial score (nSPS) is 14.8. The number of hydrazone groups is 1. The van der Waals surface area contributed by atoms with Gasteiger partial charge in [-0.05, 0) is 49.2 Å². The minimum Gasteiger partial charge on any atom is -0.455 e. The molecule has 1 aromatic heterocycles. The molecule has 0 saturated carbocycles. The average molecular weight is 394 g/mol. The first-order chi connectivity index (χ1) is 12.6. The SMILES string of the molecule is O=C1CN(N=Cc2ccc(-c3ccc(Cl)cc3)o2)C(=O)N1CCCCCl. The first kappa shape index (κ1) is 18.5. The van der Waals surface area contributed by atoms with Gasteiger partial charge >= 0.3 is 6.03 Å². The first-order valence-corrected chi connectivity index (χ1v) is 9.07. The summed E-state index contributed by atoms with van der Waals surface area (Å²) < 4.78 is 5.69. The lowest BCUT2D eigenvalue weighted by Crippen LogP contribution is -2.32. The monoisotopic (exact) mass is 393 g/mol. The number of hydrogen-bond acceptors (Lipinski definition) is 4. The maximum atomic E-state index is 12.2. The maximum Gasteiger partial charge on any atom is 0.347 e. The molecule has 1 saturated heterocycles. The van der Waals surface area contributed by atoms with Crippen molar-refractivity contribution in [3.63, 3.8) is 0 Å². The number of rotatable bonds is 7. The van der Waals surface area contributed by atoms with Crippen LogP contribution in [0.5, 0.6) is 0 Å². The summed E-state index contributed by atoms with van der Waals surface area (Å²) in [6.07, 6.45) is 2.86. The van der Waals surface area contributed by atoms with Crippen LogP contribution in [0.3, 0.4) is 0 Å². The van der Waals surface area contributed by atoms with Gasteiger partial charge in [-0.2, -0.15) is 5.10 Å². The molecule has 3 rings (SSSR count). The van der Waals surface area contributed by atoms with Gasteiger partial charge in [-0.25, -0.2) is 9.80 Å². The molecule has 0 atom stereocenters. The summed E-state index contributed by atoms with van der Waals surface area (Å²) in [5, 5.41) is 5.86. The smallest absolute Gasteiger partial charge is 0.347 e. The lowest BCUT2D eigenvalue weighted by Gasteiger charge is -2.12. The van der Waals surface area contributed by atoms with Crippen molar-refractivity contribution in [2.24, 2.45) is 5.10 Å². The molecule has 26 heavy (non-hydrogen) atoms. The molecule has 1 aromatic carbocycles. The molecular formula is C18H17Cl2N3O3. The van der Waals surface area contributed by atoms with Crippen molar-refractivity contribution in [3.8, 4) is 11.3 Å². The van der Waals surface area contributed by atoms with E-state index in [1.165, 1.54) is 11.1 Å². The Kier molecular flexibility index (Phi) is 5.96. The third kappa shape index (κ3) is 4.26. The molecule has 0 radical (unpaired) electrons. The number of halogens is 2. The number of furan rings is 1. The maximum absolute atomic E-state index is 12.2. The molecule has 0 N–H and O–H groups in total. The van der Waals surface area contributed by atoms with Gasteiger partial charge < -0.3 is 4.42 Å². The molecule has 8 heteroatoms. The van der Waals surface area contributed by atoms with Gasteiger partial charge in [-0.15, -0.1) is 11.6 Å². The number of imide groups is 1. The van der Waals surface area contributed by atoms with E-state index in [1.807, 2.05) is 12.1 Å². The molecule has 1 fully saturated rings. The highest BCUT2D eigenvalue weighted by Gasteiger charge is 2.35. The standard InChI is InChI=1S/C18H17Cl2N3O3/c19-9-1-2-10-22-17(24)12-23(18(22)25)21-11-15-7-8-16(26-15)13-3-5-14(20)6-4-13/h3-8,11H,1-2,9-10,12H2. The van der Waals surface area contributed by atoms with Gasteiger partial charge in [0.25, 0.3) is 5.91 Å². The zero-order valence-corrected chi connectivity index (χ0v) is 15.4. The van der Waals surface area contributed by atoms with Crippen molar-refractivity contribution >= 4 is 41.4 Å². The second-order valence-corrected chi connectivity index (χ2v) is 6.55. The van der Waals surface area contributed by atoms with Crippen LogP contribution >= 0.6 is 23.2 Å². The van der Waals surface area contributed by atoms with Crippen LogP contribution in [0.1, 0.15) is 18.6 Å². The van der Waals surface area contributed by atoms with Gasteiger partial charge in [-0.3, -0.25) is 9.69 Å². The number of urea groups is 1. The van der Waals surface area contributed by atoms with Gasteiger partial charge in [0.05, 0.1) is 6.21 Å². The Hall–Kier alpha value is -2.31. The predicted octanol–water partition coefficient (Wildman–Crippen LogP) is 4.22. The summed E-state index contributed by atoms with van der Waals surface area (Å²) >= 11 is 11.5. The highest BCUT2D eigenvalue weighted by atomic mass is 35.5. The number of carbonyl (C=O) groups excluding carboxylic acids is 2. The third-order valence-electron chi connectivity index (χ3n) is 3.88. The van der Waals surface area contributed by atoms with Crippen molar-refractivity contribution in [1.29, 1.82) is 0 Å². The molecule has 3 amide bonds. The second kappa shape index (κ2) is 8.38. The van der Waals surface area contributed by atoms with Crippen LogP contribution in [0.4, 0.5) is 4.79 Å². The zero-order chi connectivity index (χ0) is 18.5. The van der Waals surface area contributed by atoms with Crippen molar-refractivity contribution in [2.75, 3.05) is 19.0 Å². The zero-order valence-electron chi connectivity index (χ0n) is 13.9. The molecule has 1 aliphatic rings. The molecule has 0 aliphatic carbocycles. The summed E-state index contributed by atoms with van der Waals surface area (Å²) in [5.41, 5.74) is 0.881. The Morgan fingerprint density at radius 2 is 1.88 bits per heavy atom. The van der Waals surface area contributed by atoms with E-state index >= 15 is 0 Å². The Balaban J connectivity index is 1.64. The van der Waals surface area contributed by atoms with Gasteiger partial charge in [-0.1, -0.05) is 11.6 Å². The van der Waals surface area contributed by atoms with Gasteiger partial charge in [0.15, 0.2) is 0 Å². The second-order valence-electron chi connectivity index (χ2n) is 5.74. The van der Waals surface area contributed by atoms with Crippen molar-refractivity contribution < 1.29 is 14.0 Å². The summed E-state index contributed by atoms with van der Waals surface area (Å²) in [4.78, 5) is 25.4. The quantitative estimate of drug-likeness (QED) is 0.306. The molecule has 0 unspecified atom stereocenters. The number of amides is 3. The fourth-order valence-corrected chi connectivity index (χ4v) is 2.84. The largest absolute Gasteiger partial charge is 0.455 e. The highest BCUT2D eigenvalue weighted by Crippen LogP contribution is 2.23. The van der Waals surface area contributed by atoms with Crippen LogP contribution in [-0.4, -0.2) is 47.0 Å². The van der Waals surface area contributed by atoms with E-state index < -0.39 is 6.03 Å². The molecule has 136 valence electrons. The van der Waals surface area contributed by atoms with Crippen LogP contribution in [0.15, 0.2) is 45.9 Å². The van der Waals surface area contributed by atoms with E-state index in [-0.39, 0.29) is 12.5 Å². The summed E-state index contributed by atoms with van der Waals surface area (Å²) in [5.74, 6) is 1.39. The Bertz CT molecular complexity index is 817. The van der Waals surface area contributed by atoms with Gasteiger partial charge in [0.2, 0.25) is 0 Å². The number of alkyl halides is 1. The number of nitrogens with zero attached hydrogens (tertiary/aromatic N) is 3. The molecule has 0 spiro atoms. The van der Waals surface area contributed by atoms with E-state index in [2.05, 4.69) is 5.10 Å². The lowest BCUT2D eigenvalue weighted by molar-refractivity contribution is -0.125. The van der Waals surface area contributed by atoms with Crippen LogP contribution in [0.25, 0.3) is 11.3 Å². The number of carbonyl (C=O) groups is 2. The predicted molar refractivity (Wildman–Crippen MR) is 101 cm³/mol. The fraction of sp³-hybridized carbons (Fsp3) is 0.278. The topological polar surface area (TPSA) is 66.1 Å². The van der Waals surface area contributed by atoms with Crippen LogP contribution in [0, 0.1) is 0 Å². The molecular weight excluding hydrogens is 377 g/mol. The highest BCUT2D eigenvalue weighted by molar-refractivity contribution is 6.30. The minimum absolute atomic E-state index is 0.0685. The van der Waals surface area contributed by atoms with E-state index in [0.29, 0.717) is 35.4 Å². The molecule has 2 heterocycles. The van der Waals surface area contributed by atoms with Crippen molar-refractivity contribution in [3.05, 3.63) is 47.2 Å². The van der Waals surface area contributed by atoms with E-state index in [4.69, 9.17) is 27.6 Å². The summed E-state index contributed by atoms with van der Waals surface area (Å²) in [6, 6.07) is 10.4. The number of unbranched alkanes of at least 4 members (excludes halogenated alkanes) is 1. The average Bonchev–Trinajstić information content (AvgIpc) is 3.20. The Labute approximate surface area is 161 Å². The summed E-state index contributed by atoms with van der Waals surface area (Å²) in [7, 11) is 0. The first-order valence-electron chi connectivity index (χ1n) is 8.16. The van der Waals surface area contributed by atoms with E-state index in [1.54, 1.807) is 24.3 Å². The Morgan fingerprint density at radius 3 is 2.62 bits per heavy atom. The van der Waals surface area contributed by atoms with Crippen LogP contribution in [-0.2, 0) is 4.79 Å². The lowest BCUT2D eigenvalue weighted by atomic mass is 10.2. The van der Waals surface area contributed by atoms with E-state index in [0.717, 1.165) is 17.0 Å². The molecule has 2 aromatic rings. The van der Waals surface area contributed by atoms with E-state index in [9.17, 15) is 9.59 Å². The number of benzene rings is 1. The summed E-state index contributed by atoms with van der Waals surface area (Å²) in [6.45, 7) is 0.291. The van der Waals surface area contributed by atoms with Gasteiger partial charge in [0, 0.05) is 23.0 Å². The van der Waals surface area contributed by atoms with Gasteiger partial charge in [0.1, 0.15) is 18.1 Å². The van der Waals surface area contributed by atoms with Crippen LogP contribution < -0.4 is 0 Å². The molecule has 6 nitrogen and oxygen atoms in total. The minimum atomic E-state index is -0.426. The third-order valence-corrected chi connectivity index (χ3v) is 4.40. The number of hydrogen-bond donors (Lipinski definition) is 0. The van der Waals surface area contributed by atoms with Crippen molar-refractivity contribution in [2.45, 2.75) is 12.8 Å². The van der Waals surface area contributed by atoms with Crippen molar-refractivity contribution in [1.82, 2.24) is 9.91 Å². The molecule has 1 aliphatic heterocycles.